The quantitative estimate of drug-likeness (QED) is 0.623. The molecule has 0 aromatic rings. The van der Waals surface area contributed by atoms with E-state index in [0.29, 0.717) is 0 Å². The van der Waals surface area contributed by atoms with Crippen molar-refractivity contribution >= 4 is 23.5 Å². The SMILES string of the molecule is CSCCNCC(C)SC. The Balaban J connectivity index is 2.89. The fourth-order valence-corrected chi connectivity index (χ4v) is 1.20. The van der Waals surface area contributed by atoms with E-state index in [9.17, 15) is 0 Å². The number of nitrogens with one attached hydrogen (secondary N) is 1. The molecule has 0 fully saturated rings. The van der Waals surface area contributed by atoms with E-state index in [0.717, 1.165) is 18.3 Å². The molecule has 3 heteroatoms. The molecular formula is C7H17NS2. The lowest BCUT2D eigenvalue weighted by Crippen LogP contribution is -2.24. The van der Waals surface area contributed by atoms with Crippen molar-refractivity contribution < 1.29 is 0 Å². The van der Waals surface area contributed by atoms with E-state index in [4.69, 9.17) is 0 Å². The van der Waals surface area contributed by atoms with Crippen LogP contribution in [0.2, 0.25) is 0 Å². The van der Waals surface area contributed by atoms with Gasteiger partial charge in [-0.15, -0.1) is 0 Å². The number of thioether (sulfide) groups is 2. The fraction of sp³-hybridized carbons (Fsp3) is 1.00. The van der Waals surface area contributed by atoms with Crippen molar-refractivity contribution in [1.82, 2.24) is 5.32 Å². The van der Waals surface area contributed by atoms with E-state index in [-0.39, 0.29) is 0 Å². The lowest BCUT2D eigenvalue weighted by Gasteiger charge is -2.08. The number of hydrogen-bond acceptors (Lipinski definition) is 3. The van der Waals surface area contributed by atoms with Crippen LogP contribution in [0.15, 0.2) is 0 Å². The highest BCUT2D eigenvalue weighted by molar-refractivity contribution is 7.99. The molecule has 1 unspecified atom stereocenters. The average molecular weight is 179 g/mol. The molecule has 1 nitrogen and oxygen atoms in total. The van der Waals surface area contributed by atoms with E-state index >= 15 is 0 Å². The van der Waals surface area contributed by atoms with Crippen LogP contribution in [0.4, 0.5) is 0 Å². The largest absolute Gasteiger partial charge is 0.315 e. The predicted octanol–water partition coefficient (Wildman–Crippen LogP) is 1.69. The van der Waals surface area contributed by atoms with E-state index in [1.54, 1.807) is 0 Å². The third kappa shape index (κ3) is 6.78. The minimum atomic E-state index is 0.752. The molecule has 0 radical (unpaired) electrons. The molecule has 0 aliphatic heterocycles. The average Bonchev–Trinajstić information content (AvgIpc) is 1.98. The summed E-state index contributed by atoms with van der Waals surface area (Å²) in [4.78, 5) is 0. The second-order valence-electron chi connectivity index (χ2n) is 2.24. The van der Waals surface area contributed by atoms with Gasteiger partial charge in [-0.25, -0.2) is 0 Å². The summed E-state index contributed by atoms with van der Waals surface area (Å²) in [6.45, 7) is 4.53. The smallest absolute Gasteiger partial charge is 0.0141 e. The van der Waals surface area contributed by atoms with Gasteiger partial charge in [0.25, 0.3) is 0 Å². The van der Waals surface area contributed by atoms with Crippen LogP contribution in [0.1, 0.15) is 6.92 Å². The molecule has 0 bridgehead atoms. The predicted molar refractivity (Wildman–Crippen MR) is 54.2 cm³/mol. The van der Waals surface area contributed by atoms with Gasteiger partial charge in [-0.3, -0.25) is 0 Å². The molecule has 0 aromatic carbocycles. The summed E-state index contributed by atoms with van der Waals surface area (Å²) in [6.07, 6.45) is 4.29. The Morgan fingerprint density at radius 1 is 1.40 bits per heavy atom. The topological polar surface area (TPSA) is 12.0 Å². The molecule has 1 N–H and O–H groups in total. The van der Waals surface area contributed by atoms with Gasteiger partial charge >= 0.3 is 0 Å². The van der Waals surface area contributed by atoms with Crippen LogP contribution >= 0.6 is 23.5 Å². The molecule has 0 amide bonds. The zero-order chi connectivity index (χ0) is 7.82. The van der Waals surface area contributed by atoms with Gasteiger partial charge in [-0.1, -0.05) is 6.92 Å². The van der Waals surface area contributed by atoms with E-state index in [2.05, 4.69) is 24.8 Å². The molecule has 62 valence electrons. The van der Waals surface area contributed by atoms with Crippen molar-refractivity contribution in [2.24, 2.45) is 0 Å². The summed E-state index contributed by atoms with van der Waals surface area (Å²) in [5, 5.41) is 4.15. The van der Waals surface area contributed by atoms with E-state index in [1.807, 2.05) is 23.5 Å². The molecule has 0 saturated carbocycles. The molecule has 0 aliphatic rings. The monoisotopic (exact) mass is 179 g/mol. The molecular weight excluding hydrogens is 162 g/mol. The molecule has 0 aliphatic carbocycles. The van der Waals surface area contributed by atoms with Crippen molar-refractivity contribution in [3.05, 3.63) is 0 Å². The number of rotatable bonds is 6. The van der Waals surface area contributed by atoms with Crippen LogP contribution in [0, 0.1) is 0 Å². The van der Waals surface area contributed by atoms with Crippen LogP contribution in [0.25, 0.3) is 0 Å². The Kier molecular flexibility index (Phi) is 8.28. The highest BCUT2D eigenvalue weighted by Gasteiger charge is 1.95. The first-order valence-electron chi connectivity index (χ1n) is 3.53. The summed E-state index contributed by atoms with van der Waals surface area (Å²) in [5.74, 6) is 1.22. The minimum absolute atomic E-state index is 0.752. The normalized spacial score (nSPS) is 13.5. The van der Waals surface area contributed by atoms with Crippen molar-refractivity contribution in [2.75, 3.05) is 31.4 Å². The van der Waals surface area contributed by atoms with Crippen LogP contribution < -0.4 is 5.32 Å². The van der Waals surface area contributed by atoms with Gasteiger partial charge in [0.1, 0.15) is 0 Å². The second kappa shape index (κ2) is 7.76. The van der Waals surface area contributed by atoms with Crippen molar-refractivity contribution in [3.8, 4) is 0 Å². The highest BCUT2D eigenvalue weighted by Crippen LogP contribution is 2.02. The lowest BCUT2D eigenvalue weighted by atomic mass is 10.5. The van der Waals surface area contributed by atoms with Crippen molar-refractivity contribution in [1.29, 1.82) is 0 Å². The van der Waals surface area contributed by atoms with Gasteiger partial charge in [0.15, 0.2) is 0 Å². The second-order valence-corrected chi connectivity index (χ2v) is 4.50. The molecule has 0 heterocycles. The molecule has 1 atom stereocenters. The lowest BCUT2D eigenvalue weighted by molar-refractivity contribution is 0.718. The summed E-state index contributed by atoms with van der Waals surface area (Å²) >= 11 is 3.81. The van der Waals surface area contributed by atoms with Crippen LogP contribution in [-0.4, -0.2) is 36.6 Å². The Morgan fingerprint density at radius 3 is 2.60 bits per heavy atom. The fourth-order valence-electron chi connectivity index (χ4n) is 0.563. The summed E-state index contributed by atoms with van der Waals surface area (Å²) < 4.78 is 0. The third-order valence-electron chi connectivity index (χ3n) is 1.32. The van der Waals surface area contributed by atoms with E-state index < -0.39 is 0 Å². The standard InChI is InChI=1S/C7H17NS2/c1-7(10-3)6-8-4-5-9-2/h7-8H,4-6H2,1-3H3. The van der Waals surface area contributed by atoms with Gasteiger partial charge in [0.2, 0.25) is 0 Å². The molecule has 0 saturated heterocycles. The van der Waals surface area contributed by atoms with Crippen molar-refractivity contribution in [2.45, 2.75) is 12.2 Å². The Labute approximate surface area is 72.7 Å². The summed E-state index contributed by atoms with van der Waals surface area (Å²) in [6, 6.07) is 0. The highest BCUT2D eigenvalue weighted by atomic mass is 32.2. The van der Waals surface area contributed by atoms with Crippen LogP contribution in [0.5, 0.6) is 0 Å². The Bertz CT molecular complexity index is 68.6. The van der Waals surface area contributed by atoms with Gasteiger partial charge in [-0.05, 0) is 12.5 Å². The molecule has 0 spiro atoms. The first-order chi connectivity index (χ1) is 4.81. The maximum atomic E-state index is 3.40. The zero-order valence-corrected chi connectivity index (χ0v) is 8.65. The first-order valence-corrected chi connectivity index (χ1v) is 6.22. The maximum Gasteiger partial charge on any atom is 0.0141 e. The molecule has 0 aromatic heterocycles. The van der Waals surface area contributed by atoms with Crippen molar-refractivity contribution in [3.63, 3.8) is 0 Å². The first kappa shape index (κ1) is 10.7. The summed E-state index contributed by atoms with van der Waals surface area (Å²) in [7, 11) is 0. The Hall–Kier alpha value is 0.660. The van der Waals surface area contributed by atoms with Gasteiger partial charge in [-0.2, -0.15) is 23.5 Å². The molecule has 10 heavy (non-hydrogen) atoms. The van der Waals surface area contributed by atoms with Gasteiger partial charge in [0.05, 0.1) is 0 Å². The summed E-state index contributed by atoms with van der Waals surface area (Å²) in [5.41, 5.74) is 0. The van der Waals surface area contributed by atoms with Gasteiger partial charge in [0, 0.05) is 24.1 Å². The maximum absolute atomic E-state index is 3.40. The molecule has 0 rings (SSSR count). The number of hydrogen-bond donors (Lipinski definition) is 1. The Morgan fingerprint density at radius 2 is 2.10 bits per heavy atom. The zero-order valence-electron chi connectivity index (χ0n) is 7.02. The van der Waals surface area contributed by atoms with E-state index in [1.165, 1.54) is 5.75 Å². The third-order valence-corrected chi connectivity index (χ3v) is 2.90. The minimum Gasteiger partial charge on any atom is -0.315 e. The van der Waals surface area contributed by atoms with Crippen LogP contribution in [0.3, 0.4) is 0 Å². The van der Waals surface area contributed by atoms with Gasteiger partial charge < -0.3 is 5.32 Å². The van der Waals surface area contributed by atoms with Crippen LogP contribution in [-0.2, 0) is 0 Å².